The van der Waals surface area contributed by atoms with Gasteiger partial charge in [0.25, 0.3) is 5.56 Å². The Morgan fingerprint density at radius 2 is 2.03 bits per heavy atom. The number of aromatic nitrogens is 5. The Morgan fingerprint density at radius 1 is 1.18 bits per heavy atom. The minimum absolute atomic E-state index is 0.0564. The number of pyridine rings is 1. The van der Waals surface area contributed by atoms with Crippen molar-refractivity contribution in [3.8, 4) is 5.75 Å². The fourth-order valence-electron chi connectivity index (χ4n) is 5.46. The van der Waals surface area contributed by atoms with E-state index in [0.717, 1.165) is 55.5 Å². The maximum absolute atomic E-state index is 13.7. The zero-order valence-electron chi connectivity index (χ0n) is 21.4. The predicted octanol–water partition coefficient (Wildman–Crippen LogP) is 3.53. The van der Waals surface area contributed by atoms with Crippen LogP contribution >= 0.6 is 11.3 Å². The first-order valence-corrected chi connectivity index (χ1v) is 14.0. The summed E-state index contributed by atoms with van der Waals surface area (Å²) < 4.78 is 19.2. The Hall–Kier alpha value is -3.12. The zero-order chi connectivity index (χ0) is 25.9. The second-order valence-electron chi connectivity index (χ2n) is 9.91. The first-order valence-electron chi connectivity index (χ1n) is 13.1. The molecule has 5 heterocycles. The normalized spacial score (nSPS) is 20.5. The van der Waals surface area contributed by atoms with Crippen LogP contribution in [0.3, 0.4) is 0 Å². The van der Waals surface area contributed by atoms with Gasteiger partial charge < -0.3 is 19.2 Å². The summed E-state index contributed by atoms with van der Waals surface area (Å²) in [6.45, 7) is 3.36. The monoisotopic (exact) mass is 536 g/mol. The quantitative estimate of drug-likeness (QED) is 0.328. The van der Waals surface area contributed by atoms with Gasteiger partial charge in [0.2, 0.25) is 0 Å². The van der Waals surface area contributed by atoms with Crippen LogP contribution in [-0.2, 0) is 22.6 Å². The molecule has 6 rings (SSSR count). The molecule has 0 saturated carbocycles. The maximum atomic E-state index is 13.7. The third-order valence-electron chi connectivity index (χ3n) is 7.35. The van der Waals surface area contributed by atoms with Crippen LogP contribution in [0.5, 0.6) is 5.75 Å². The van der Waals surface area contributed by atoms with Gasteiger partial charge in [-0.3, -0.25) is 9.69 Å². The fourth-order valence-corrected chi connectivity index (χ4v) is 6.19. The van der Waals surface area contributed by atoms with Crippen molar-refractivity contribution in [1.82, 2.24) is 30.1 Å². The highest BCUT2D eigenvalue weighted by atomic mass is 32.1. The van der Waals surface area contributed by atoms with Gasteiger partial charge in [0.05, 0.1) is 25.9 Å². The van der Waals surface area contributed by atoms with Crippen molar-refractivity contribution in [2.45, 2.75) is 57.0 Å². The predicted molar refractivity (Wildman–Crippen MR) is 143 cm³/mol. The molecule has 1 N–H and O–H groups in total. The molecule has 1 aromatic carbocycles. The van der Waals surface area contributed by atoms with Crippen molar-refractivity contribution in [3.63, 3.8) is 0 Å². The van der Waals surface area contributed by atoms with E-state index in [-0.39, 0.29) is 17.8 Å². The van der Waals surface area contributed by atoms with Gasteiger partial charge in [-0.1, -0.05) is 6.07 Å². The number of fused-ring (bicyclic) bond motifs is 1. The SMILES string of the molecule is COc1ccc2[nH]c(=O)c([C@H](c3nnnn3C[C@@H]3CCCO3)N(Cc3cccs3)C[C@@H]3CCCO3)cc2c1. The lowest BCUT2D eigenvalue weighted by Crippen LogP contribution is -2.39. The van der Waals surface area contributed by atoms with Crippen LogP contribution in [0.15, 0.2) is 46.6 Å². The van der Waals surface area contributed by atoms with Gasteiger partial charge in [-0.25, -0.2) is 4.68 Å². The summed E-state index contributed by atoms with van der Waals surface area (Å²) in [7, 11) is 1.64. The average Bonchev–Trinajstić information content (AvgIpc) is 3.74. The highest BCUT2D eigenvalue weighted by molar-refractivity contribution is 7.09. The first kappa shape index (κ1) is 25.2. The Morgan fingerprint density at radius 3 is 2.76 bits per heavy atom. The summed E-state index contributed by atoms with van der Waals surface area (Å²) in [4.78, 5) is 20.2. The molecule has 4 aromatic rings. The molecule has 2 saturated heterocycles. The van der Waals surface area contributed by atoms with E-state index in [1.54, 1.807) is 18.4 Å². The summed E-state index contributed by atoms with van der Waals surface area (Å²) >= 11 is 1.70. The van der Waals surface area contributed by atoms with Gasteiger partial charge >= 0.3 is 0 Å². The van der Waals surface area contributed by atoms with E-state index >= 15 is 0 Å². The molecule has 38 heavy (non-hydrogen) atoms. The first-order chi connectivity index (χ1) is 18.7. The van der Waals surface area contributed by atoms with Gasteiger partial charge in [0.1, 0.15) is 11.8 Å². The van der Waals surface area contributed by atoms with Gasteiger partial charge in [-0.05, 0) is 71.8 Å². The molecule has 3 atom stereocenters. The molecule has 0 bridgehead atoms. The number of aromatic amines is 1. The highest BCUT2D eigenvalue weighted by Crippen LogP contribution is 2.32. The fraction of sp³-hybridized carbons (Fsp3) is 0.481. The van der Waals surface area contributed by atoms with Crippen LogP contribution in [-0.4, -0.2) is 69.2 Å². The number of hydrogen-bond donors (Lipinski definition) is 1. The van der Waals surface area contributed by atoms with E-state index in [1.807, 2.05) is 28.9 Å². The van der Waals surface area contributed by atoms with Crippen molar-refractivity contribution in [1.29, 1.82) is 0 Å². The molecular weight excluding hydrogens is 504 g/mol. The second-order valence-corrected chi connectivity index (χ2v) is 10.9. The van der Waals surface area contributed by atoms with Crippen LogP contribution in [0.2, 0.25) is 0 Å². The molecule has 11 heteroatoms. The Labute approximate surface area is 224 Å². The van der Waals surface area contributed by atoms with Crippen molar-refractivity contribution in [2.24, 2.45) is 0 Å². The molecule has 2 aliphatic heterocycles. The third kappa shape index (κ3) is 5.37. The molecule has 0 aliphatic carbocycles. The topological polar surface area (TPSA) is 107 Å². The number of hydrogen-bond acceptors (Lipinski definition) is 9. The van der Waals surface area contributed by atoms with Crippen molar-refractivity contribution >= 4 is 22.2 Å². The number of nitrogens with zero attached hydrogens (tertiary/aromatic N) is 5. The van der Waals surface area contributed by atoms with Crippen LogP contribution in [0.25, 0.3) is 10.9 Å². The average molecular weight is 537 g/mol. The standard InChI is InChI=1S/C27H32N6O4S/c1-35-19-8-9-24-18(13-19)14-23(27(34)28-24)25(26-29-30-31-33(26)16-21-6-3-11-37-21)32(15-20-5-2-10-36-20)17-22-7-4-12-38-22/h4,7-9,12-14,20-21,25H,2-3,5-6,10-11,15-17H2,1H3,(H,28,34)/t20-,21-,25+/m0/s1. The number of H-pyrrole nitrogens is 1. The summed E-state index contributed by atoms with van der Waals surface area (Å²) in [5.41, 5.74) is 1.17. The largest absolute Gasteiger partial charge is 0.497 e. The molecule has 2 fully saturated rings. The number of tetrazole rings is 1. The Bertz CT molecular complexity index is 1410. The Balaban J connectivity index is 1.47. The molecule has 200 valence electrons. The second kappa shape index (κ2) is 11.3. The maximum Gasteiger partial charge on any atom is 0.253 e. The Kier molecular flexibility index (Phi) is 7.50. The number of ether oxygens (including phenoxy) is 3. The minimum atomic E-state index is -0.489. The summed E-state index contributed by atoms with van der Waals surface area (Å²) in [6.07, 6.45) is 4.16. The summed E-state index contributed by atoms with van der Waals surface area (Å²) in [5.74, 6) is 1.35. The van der Waals surface area contributed by atoms with Crippen LogP contribution < -0.4 is 10.3 Å². The zero-order valence-corrected chi connectivity index (χ0v) is 22.2. The van der Waals surface area contributed by atoms with Crippen molar-refractivity contribution in [3.05, 3.63) is 68.4 Å². The smallest absolute Gasteiger partial charge is 0.253 e. The highest BCUT2D eigenvalue weighted by Gasteiger charge is 2.34. The van der Waals surface area contributed by atoms with Gasteiger partial charge in [0, 0.05) is 47.6 Å². The lowest BCUT2D eigenvalue weighted by molar-refractivity contribution is 0.0559. The third-order valence-corrected chi connectivity index (χ3v) is 8.21. The van der Waals surface area contributed by atoms with Crippen molar-refractivity contribution in [2.75, 3.05) is 26.9 Å². The van der Waals surface area contributed by atoms with E-state index in [0.29, 0.717) is 31.0 Å². The van der Waals surface area contributed by atoms with Gasteiger partial charge in [0.15, 0.2) is 5.82 Å². The van der Waals surface area contributed by atoms with Gasteiger partial charge in [-0.15, -0.1) is 16.4 Å². The summed E-state index contributed by atoms with van der Waals surface area (Å²) in [5, 5.41) is 15.9. The van der Waals surface area contributed by atoms with Crippen molar-refractivity contribution < 1.29 is 14.2 Å². The molecule has 0 radical (unpaired) electrons. The van der Waals surface area contributed by atoms with E-state index in [1.165, 1.54) is 4.88 Å². The molecule has 3 aromatic heterocycles. The number of rotatable bonds is 10. The minimum Gasteiger partial charge on any atom is -0.497 e. The molecule has 0 unspecified atom stereocenters. The van der Waals surface area contributed by atoms with E-state index < -0.39 is 6.04 Å². The lowest BCUT2D eigenvalue weighted by atomic mass is 10.0. The summed E-state index contributed by atoms with van der Waals surface area (Å²) in [6, 6.07) is 11.3. The van der Waals surface area contributed by atoms with Gasteiger partial charge in [-0.2, -0.15) is 0 Å². The van der Waals surface area contributed by atoms with E-state index in [2.05, 4.69) is 42.9 Å². The lowest BCUT2D eigenvalue weighted by Gasteiger charge is -2.32. The molecule has 10 nitrogen and oxygen atoms in total. The van der Waals surface area contributed by atoms with Crippen LogP contribution in [0.4, 0.5) is 0 Å². The molecular formula is C27H32N6O4S. The number of thiophene rings is 1. The number of methoxy groups -OCH3 is 1. The van der Waals surface area contributed by atoms with Crippen LogP contribution in [0.1, 0.15) is 48.0 Å². The number of nitrogens with one attached hydrogen (secondary N) is 1. The van der Waals surface area contributed by atoms with E-state index in [9.17, 15) is 4.79 Å². The molecule has 0 spiro atoms. The molecule has 0 amide bonds. The van der Waals surface area contributed by atoms with Crippen LogP contribution in [0, 0.1) is 0 Å². The molecule has 2 aliphatic rings. The van der Waals surface area contributed by atoms with E-state index in [4.69, 9.17) is 14.2 Å². The number of benzene rings is 1.